The molecule has 2 N–H and O–H groups in total. The van der Waals surface area contributed by atoms with Crippen LogP contribution in [0.2, 0.25) is 0 Å². The zero-order valence-corrected chi connectivity index (χ0v) is 10.1. The number of aryl methyl sites for hydroxylation is 1. The Bertz CT molecular complexity index is 364. The molecule has 1 aliphatic heterocycles. The monoisotopic (exact) mass is 238 g/mol. The molecule has 1 unspecified atom stereocenters. The van der Waals surface area contributed by atoms with E-state index in [1.54, 1.807) is 6.92 Å². The van der Waals surface area contributed by atoms with Gasteiger partial charge < -0.3 is 15.4 Å². The average Bonchev–Trinajstić information content (AvgIpc) is 2.35. The van der Waals surface area contributed by atoms with Crippen molar-refractivity contribution >= 4 is 0 Å². The minimum Gasteiger partial charge on any atom is -0.374 e. The SMILES string of the molecule is Cc1cc(CNCC2CNCCO2)ccc1F. The second kappa shape index (κ2) is 6.10. The lowest BCUT2D eigenvalue weighted by molar-refractivity contribution is 0.0290. The maximum absolute atomic E-state index is 13.1. The Balaban J connectivity index is 1.75. The number of nitrogens with one attached hydrogen (secondary N) is 2. The van der Waals surface area contributed by atoms with E-state index in [-0.39, 0.29) is 11.9 Å². The fourth-order valence-corrected chi connectivity index (χ4v) is 1.95. The molecule has 94 valence electrons. The third-order valence-corrected chi connectivity index (χ3v) is 2.93. The predicted octanol–water partition coefficient (Wildman–Crippen LogP) is 1.21. The first-order valence-electron chi connectivity index (χ1n) is 6.04. The molecule has 1 heterocycles. The van der Waals surface area contributed by atoms with Gasteiger partial charge in [-0.2, -0.15) is 0 Å². The van der Waals surface area contributed by atoms with Crippen molar-refractivity contribution in [3.63, 3.8) is 0 Å². The summed E-state index contributed by atoms with van der Waals surface area (Å²) in [5, 5.41) is 6.62. The Hall–Kier alpha value is -0.970. The Morgan fingerprint density at radius 3 is 3.12 bits per heavy atom. The van der Waals surface area contributed by atoms with Crippen LogP contribution >= 0.6 is 0 Å². The van der Waals surface area contributed by atoms with Crippen LogP contribution in [-0.2, 0) is 11.3 Å². The van der Waals surface area contributed by atoms with Crippen molar-refractivity contribution in [2.75, 3.05) is 26.2 Å². The highest BCUT2D eigenvalue weighted by atomic mass is 19.1. The van der Waals surface area contributed by atoms with E-state index in [0.29, 0.717) is 5.56 Å². The van der Waals surface area contributed by atoms with Crippen LogP contribution in [-0.4, -0.2) is 32.3 Å². The summed E-state index contributed by atoms with van der Waals surface area (Å²) in [6.07, 6.45) is 0.241. The number of hydrogen-bond acceptors (Lipinski definition) is 3. The van der Waals surface area contributed by atoms with Crippen molar-refractivity contribution in [3.05, 3.63) is 35.1 Å². The zero-order valence-electron chi connectivity index (χ0n) is 10.1. The molecule has 1 aromatic rings. The summed E-state index contributed by atoms with van der Waals surface area (Å²) < 4.78 is 18.6. The van der Waals surface area contributed by atoms with Crippen molar-refractivity contribution in [2.45, 2.75) is 19.6 Å². The molecule has 17 heavy (non-hydrogen) atoms. The van der Waals surface area contributed by atoms with E-state index >= 15 is 0 Å². The lowest BCUT2D eigenvalue weighted by Crippen LogP contribution is -2.43. The summed E-state index contributed by atoms with van der Waals surface area (Å²) in [5.74, 6) is -0.145. The summed E-state index contributed by atoms with van der Waals surface area (Å²) in [6.45, 7) is 5.97. The first kappa shape index (κ1) is 12.5. The van der Waals surface area contributed by atoms with Gasteiger partial charge in [0, 0.05) is 26.2 Å². The minimum absolute atomic E-state index is 0.145. The highest BCUT2D eigenvalue weighted by Crippen LogP contribution is 2.08. The van der Waals surface area contributed by atoms with Gasteiger partial charge in [0.05, 0.1) is 12.7 Å². The summed E-state index contributed by atoms with van der Waals surface area (Å²) in [6, 6.07) is 5.21. The second-order valence-electron chi connectivity index (χ2n) is 4.41. The normalized spacial score (nSPS) is 20.5. The van der Waals surface area contributed by atoms with Crippen LogP contribution in [0.25, 0.3) is 0 Å². The number of ether oxygens (including phenoxy) is 1. The van der Waals surface area contributed by atoms with Crippen LogP contribution in [0.3, 0.4) is 0 Å². The van der Waals surface area contributed by atoms with Gasteiger partial charge in [-0.25, -0.2) is 4.39 Å². The molecule has 0 spiro atoms. The van der Waals surface area contributed by atoms with E-state index in [0.717, 1.165) is 38.3 Å². The van der Waals surface area contributed by atoms with Gasteiger partial charge in [0.25, 0.3) is 0 Å². The van der Waals surface area contributed by atoms with Crippen molar-refractivity contribution in [2.24, 2.45) is 0 Å². The van der Waals surface area contributed by atoms with Gasteiger partial charge in [-0.15, -0.1) is 0 Å². The van der Waals surface area contributed by atoms with Crippen molar-refractivity contribution in [1.82, 2.24) is 10.6 Å². The van der Waals surface area contributed by atoms with Gasteiger partial charge in [-0.05, 0) is 24.1 Å². The fourth-order valence-electron chi connectivity index (χ4n) is 1.95. The molecule has 1 aliphatic rings. The van der Waals surface area contributed by atoms with Gasteiger partial charge >= 0.3 is 0 Å². The summed E-state index contributed by atoms with van der Waals surface area (Å²) in [5.41, 5.74) is 1.80. The molecular formula is C13H19FN2O. The molecule has 0 aromatic heterocycles. The van der Waals surface area contributed by atoms with Gasteiger partial charge in [-0.1, -0.05) is 12.1 Å². The quantitative estimate of drug-likeness (QED) is 0.827. The maximum atomic E-state index is 13.1. The average molecular weight is 238 g/mol. The van der Waals surface area contributed by atoms with Crippen molar-refractivity contribution < 1.29 is 9.13 Å². The number of halogens is 1. The van der Waals surface area contributed by atoms with Crippen molar-refractivity contribution in [3.8, 4) is 0 Å². The number of morpholine rings is 1. The van der Waals surface area contributed by atoms with Crippen LogP contribution in [0.15, 0.2) is 18.2 Å². The summed E-state index contributed by atoms with van der Waals surface area (Å²) in [4.78, 5) is 0. The Morgan fingerprint density at radius 2 is 2.41 bits per heavy atom. The molecule has 0 amide bonds. The van der Waals surface area contributed by atoms with E-state index in [4.69, 9.17) is 4.74 Å². The molecule has 2 rings (SSSR count). The molecule has 0 radical (unpaired) electrons. The van der Waals surface area contributed by atoms with Crippen LogP contribution in [0.1, 0.15) is 11.1 Å². The van der Waals surface area contributed by atoms with E-state index in [2.05, 4.69) is 10.6 Å². The van der Waals surface area contributed by atoms with Crippen LogP contribution in [0, 0.1) is 12.7 Å². The second-order valence-corrected chi connectivity index (χ2v) is 4.41. The minimum atomic E-state index is -0.145. The molecule has 1 aromatic carbocycles. The highest BCUT2D eigenvalue weighted by molar-refractivity contribution is 5.23. The van der Waals surface area contributed by atoms with E-state index in [9.17, 15) is 4.39 Å². The first-order chi connectivity index (χ1) is 8.25. The van der Waals surface area contributed by atoms with Crippen LogP contribution in [0.4, 0.5) is 4.39 Å². The van der Waals surface area contributed by atoms with Gasteiger partial charge in [0.1, 0.15) is 5.82 Å². The maximum Gasteiger partial charge on any atom is 0.126 e. The summed E-state index contributed by atoms with van der Waals surface area (Å²) in [7, 11) is 0. The van der Waals surface area contributed by atoms with Gasteiger partial charge in [0.15, 0.2) is 0 Å². The molecule has 0 bridgehead atoms. The standard InChI is InChI=1S/C13H19FN2O/c1-10-6-11(2-3-13(10)14)7-16-9-12-8-15-4-5-17-12/h2-3,6,12,15-16H,4-5,7-9H2,1H3. The largest absolute Gasteiger partial charge is 0.374 e. The molecule has 0 saturated carbocycles. The Kier molecular flexibility index (Phi) is 4.48. The fraction of sp³-hybridized carbons (Fsp3) is 0.538. The predicted molar refractivity (Wildman–Crippen MR) is 65.5 cm³/mol. The number of rotatable bonds is 4. The Morgan fingerprint density at radius 1 is 1.53 bits per heavy atom. The lowest BCUT2D eigenvalue weighted by Gasteiger charge is -2.23. The first-order valence-corrected chi connectivity index (χ1v) is 6.04. The summed E-state index contributed by atoms with van der Waals surface area (Å²) >= 11 is 0. The zero-order chi connectivity index (χ0) is 12.1. The number of benzene rings is 1. The molecule has 0 aliphatic carbocycles. The van der Waals surface area contributed by atoms with Gasteiger partial charge in [0.2, 0.25) is 0 Å². The molecule has 1 fully saturated rings. The topological polar surface area (TPSA) is 33.3 Å². The van der Waals surface area contributed by atoms with Crippen molar-refractivity contribution in [1.29, 1.82) is 0 Å². The lowest BCUT2D eigenvalue weighted by atomic mass is 10.1. The van der Waals surface area contributed by atoms with Crippen LogP contribution < -0.4 is 10.6 Å². The van der Waals surface area contributed by atoms with Gasteiger partial charge in [-0.3, -0.25) is 0 Å². The number of hydrogen-bond donors (Lipinski definition) is 2. The molecule has 1 saturated heterocycles. The van der Waals surface area contributed by atoms with E-state index in [1.807, 2.05) is 12.1 Å². The third-order valence-electron chi connectivity index (χ3n) is 2.93. The van der Waals surface area contributed by atoms with Crippen LogP contribution in [0.5, 0.6) is 0 Å². The third kappa shape index (κ3) is 3.77. The molecule has 4 heteroatoms. The highest BCUT2D eigenvalue weighted by Gasteiger charge is 2.12. The molecule has 1 atom stereocenters. The van der Waals surface area contributed by atoms with E-state index in [1.165, 1.54) is 6.07 Å². The molecular weight excluding hydrogens is 219 g/mol. The smallest absolute Gasteiger partial charge is 0.126 e. The Labute approximate surface area is 101 Å². The van der Waals surface area contributed by atoms with E-state index < -0.39 is 0 Å². The molecule has 3 nitrogen and oxygen atoms in total.